The molecule has 10 nitrogen and oxygen atoms in total. The molecule has 1 aliphatic heterocycles. The van der Waals surface area contributed by atoms with Gasteiger partial charge in [0.1, 0.15) is 23.9 Å². The van der Waals surface area contributed by atoms with Crippen LogP contribution in [0.15, 0.2) is 109 Å². The van der Waals surface area contributed by atoms with Crippen LogP contribution in [0.25, 0.3) is 0 Å². The quantitative estimate of drug-likeness (QED) is 0.159. The van der Waals surface area contributed by atoms with Crippen LogP contribution in [0, 0.1) is 0 Å². The normalized spacial score (nSPS) is 16.5. The molecule has 0 saturated carbocycles. The molecule has 5 atom stereocenters. The number of aromatic hydroxyl groups is 1. The van der Waals surface area contributed by atoms with E-state index in [9.17, 15) is 24.3 Å². The van der Waals surface area contributed by atoms with Gasteiger partial charge in [-0.3, -0.25) is 19.2 Å². The summed E-state index contributed by atoms with van der Waals surface area (Å²) in [5, 5.41) is 15.4. The van der Waals surface area contributed by atoms with Crippen LogP contribution >= 0.6 is 0 Å². The molecule has 4 amide bonds. The highest BCUT2D eigenvalue weighted by molar-refractivity contribution is 5.95. The second-order valence-electron chi connectivity index (χ2n) is 12.3. The number of nitrogens with zero attached hydrogens (tertiary/aromatic N) is 1. The summed E-state index contributed by atoms with van der Waals surface area (Å²) in [6.07, 6.45) is 0.558. The molecule has 5 rings (SSSR count). The second kappa shape index (κ2) is 15.4. The fourth-order valence-electron chi connectivity index (χ4n) is 6.05. The minimum absolute atomic E-state index is 0.103. The number of primary amides is 1. The summed E-state index contributed by atoms with van der Waals surface area (Å²) in [5.41, 5.74) is 16.4. The molecule has 248 valence electrons. The number of hydrogen-bond acceptors (Lipinski definition) is 6. The van der Waals surface area contributed by atoms with Gasteiger partial charge in [0, 0.05) is 31.7 Å². The first-order valence-electron chi connectivity index (χ1n) is 16.0. The Hall–Kier alpha value is -5.48. The highest BCUT2D eigenvalue weighted by Gasteiger charge is 2.39. The van der Waals surface area contributed by atoms with Crippen molar-refractivity contribution in [2.75, 3.05) is 0 Å². The number of hydrogen-bond donors (Lipinski definition) is 5. The van der Waals surface area contributed by atoms with Crippen molar-refractivity contribution in [3.8, 4) is 5.75 Å². The largest absolute Gasteiger partial charge is 0.508 e. The van der Waals surface area contributed by atoms with Crippen molar-refractivity contribution in [1.29, 1.82) is 0 Å². The van der Waals surface area contributed by atoms with Crippen LogP contribution in [0.1, 0.15) is 40.7 Å². The van der Waals surface area contributed by atoms with Crippen molar-refractivity contribution in [3.05, 3.63) is 137 Å². The summed E-state index contributed by atoms with van der Waals surface area (Å²) in [4.78, 5) is 56.0. The van der Waals surface area contributed by atoms with Gasteiger partial charge in [0.2, 0.25) is 23.6 Å². The van der Waals surface area contributed by atoms with Crippen LogP contribution in [0.5, 0.6) is 5.75 Å². The van der Waals surface area contributed by atoms with Gasteiger partial charge in [0.25, 0.3) is 0 Å². The van der Waals surface area contributed by atoms with E-state index in [-0.39, 0.29) is 31.6 Å². The van der Waals surface area contributed by atoms with E-state index in [0.717, 1.165) is 27.8 Å². The third kappa shape index (κ3) is 8.26. The van der Waals surface area contributed by atoms with Crippen molar-refractivity contribution in [2.24, 2.45) is 11.5 Å². The fourth-order valence-corrected chi connectivity index (χ4v) is 6.05. The lowest BCUT2D eigenvalue weighted by atomic mass is 9.89. The number of rotatable bonds is 12. The number of phenolic OH excluding ortho intramolecular Hbond substituents is 1. The number of nitrogens with two attached hydrogens (primary N) is 2. The Morgan fingerprint density at radius 2 is 1.31 bits per heavy atom. The first-order chi connectivity index (χ1) is 23.1. The van der Waals surface area contributed by atoms with Gasteiger partial charge in [-0.25, -0.2) is 0 Å². The second-order valence-corrected chi connectivity index (χ2v) is 12.3. The topological polar surface area (TPSA) is 168 Å². The van der Waals surface area contributed by atoms with Gasteiger partial charge < -0.3 is 32.1 Å². The standard InChI is InChI=1S/C38H41N5O5/c1-24(27-16-18-30(44)19-17-27)34(39)38(48)43-23-29-15-9-8-14-28(29)22-33(43)37(47)42-32(21-26-12-6-3-7-13-26)36(46)41-31(35(40)45)20-25-10-4-2-5-11-25/h2-19,24,31-34,44H,20-23,39H2,1H3,(H2,40,45)(H,41,46)(H,42,47)/t24-,31+,32+,33+,34+/m1/s1. The zero-order valence-electron chi connectivity index (χ0n) is 26.8. The summed E-state index contributed by atoms with van der Waals surface area (Å²) in [7, 11) is 0. The van der Waals surface area contributed by atoms with Crippen LogP contribution < -0.4 is 22.1 Å². The van der Waals surface area contributed by atoms with Gasteiger partial charge in [0.05, 0.1) is 6.04 Å². The Balaban J connectivity index is 1.40. The van der Waals surface area contributed by atoms with Crippen LogP contribution in [0.4, 0.5) is 0 Å². The average molecular weight is 648 g/mol. The molecule has 1 heterocycles. The number of nitrogens with one attached hydrogen (secondary N) is 2. The molecule has 48 heavy (non-hydrogen) atoms. The molecule has 0 aliphatic carbocycles. The van der Waals surface area contributed by atoms with E-state index in [4.69, 9.17) is 11.5 Å². The Morgan fingerprint density at radius 3 is 1.90 bits per heavy atom. The molecule has 0 radical (unpaired) electrons. The molecule has 0 spiro atoms. The number of carbonyl (C=O) groups excluding carboxylic acids is 4. The predicted molar refractivity (Wildman–Crippen MR) is 182 cm³/mol. The molecule has 0 unspecified atom stereocenters. The van der Waals surface area contributed by atoms with Gasteiger partial charge >= 0.3 is 0 Å². The number of amides is 4. The third-order valence-electron chi connectivity index (χ3n) is 8.94. The predicted octanol–water partition coefficient (Wildman–Crippen LogP) is 2.72. The van der Waals surface area contributed by atoms with E-state index < -0.39 is 53.7 Å². The van der Waals surface area contributed by atoms with Gasteiger partial charge in [-0.05, 0) is 39.9 Å². The van der Waals surface area contributed by atoms with E-state index >= 15 is 0 Å². The molecule has 0 aromatic heterocycles. The SMILES string of the molecule is C[C@H](c1ccc(O)cc1)[C@H](N)C(=O)N1Cc2ccccc2C[C@H]1C(=O)N[C@@H](Cc1ccccc1)C(=O)N[C@@H](Cc1ccccc1)C(N)=O. The first kappa shape index (κ1) is 33.9. The number of fused-ring (bicyclic) bond motifs is 1. The maximum atomic E-state index is 14.2. The van der Waals surface area contributed by atoms with Crippen molar-refractivity contribution in [2.45, 2.75) is 62.8 Å². The van der Waals surface area contributed by atoms with Crippen LogP contribution in [0.3, 0.4) is 0 Å². The Kier molecular flexibility index (Phi) is 10.9. The van der Waals surface area contributed by atoms with Crippen LogP contribution in [-0.4, -0.2) is 57.8 Å². The molecular weight excluding hydrogens is 606 g/mol. The molecule has 0 bridgehead atoms. The zero-order valence-corrected chi connectivity index (χ0v) is 26.8. The summed E-state index contributed by atoms with van der Waals surface area (Å²) in [6.45, 7) is 1.99. The van der Waals surface area contributed by atoms with Crippen molar-refractivity contribution in [3.63, 3.8) is 0 Å². The fraction of sp³-hybridized carbons (Fsp3) is 0.263. The maximum Gasteiger partial charge on any atom is 0.243 e. The zero-order chi connectivity index (χ0) is 34.2. The molecule has 0 saturated heterocycles. The summed E-state index contributed by atoms with van der Waals surface area (Å²) in [6, 6.07) is 28.5. The van der Waals surface area contributed by atoms with E-state index in [2.05, 4.69) is 10.6 Å². The Bertz CT molecular complexity index is 1730. The van der Waals surface area contributed by atoms with Gasteiger partial charge in [-0.2, -0.15) is 0 Å². The van der Waals surface area contributed by atoms with Crippen molar-refractivity contribution in [1.82, 2.24) is 15.5 Å². The molecule has 4 aromatic rings. The van der Waals surface area contributed by atoms with Gasteiger partial charge in [0.15, 0.2) is 0 Å². The molecular formula is C38H41N5O5. The van der Waals surface area contributed by atoms with Gasteiger partial charge in [-0.1, -0.05) is 104 Å². The summed E-state index contributed by atoms with van der Waals surface area (Å²) >= 11 is 0. The molecule has 7 N–H and O–H groups in total. The maximum absolute atomic E-state index is 14.2. The van der Waals surface area contributed by atoms with E-state index in [1.807, 2.05) is 91.9 Å². The lowest BCUT2D eigenvalue weighted by Gasteiger charge is -2.39. The van der Waals surface area contributed by atoms with Gasteiger partial charge in [-0.15, -0.1) is 0 Å². The Labute approximate surface area is 280 Å². The lowest BCUT2D eigenvalue weighted by molar-refractivity contribution is -0.144. The van der Waals surface area contributed by atoms with E-state index in [1.54, 1.807) is 12.1 Å². The minimum atomic E-state index is -1.07. The highest BCUT2D eigenvalue weighted by Crippen LogP contribution is 2.28. The molecule has 4 aromatic carbocycles. The number of carbonyl (C=O) groups is 4. The summed E-state index contributed by atoms with van der Waals surface area (Å²) in [5.74, 6) is -2.51. The monoisotopic (exact) mass is 647 g/mol. The average Bonchev–Trinajstić information content (AvgIpc) is 3.10. The molecule has 0 fully saturated rings. The molecule has 1 aliphatic rings. The van der Waals surface area contributed by atoms with Crippen LogP contribution in [-0.2, 0) is 45.0 Å². The van der Waals surface area contributed by atoms with E-state index in [1.165, 1.54) is 17.0 Å². The van der Waals surface area contributed by atoms with Crippen molar-refractivity contribution >= 4 is 23.6 Å². The number of benzene rings is 4. The highest BCUT2D eigenvalue weighted by atomic mass is 16.3. The van der Waals surface area contributed by atoms with Crippen LogP contribution in [0.2, 0.25) is 0 Å². The third-order valence-corrected chi connectivity index (χ3v) is 8.94. The van der Waals surface area contributed by atoms with E-state index in [0.29, 0.717) is 0 Å². The lowest BCUT2D eigenvalue weighted by Crippen LogP contribution is -2.60. The van der Waals surface area contributed by atoms with Crippen molar-refractivity contribution < 1.29 is 24.3 Å². The molecule has 10 heteroatoms. The minimum Gasteiger partial charge on any atom is -0.508 e. The first-order valence-corrected chi connectivity index (χ1v) is 16.0. The number of phenols is 1. The smallest absolute Gasteiger partial charge is 0.243 e. The Morgan fingerprint density at radius 1 is 0.771 bits per heavy atom. The summed E-state index contributed by atoms with van der Waals surface area (Å²) < 4.78 is 0.